The maximum atomic E-state index is 14.1. The van der Waals surface area contributed by atoms with E-state index in [1.807, 2.05) is 60.0 Å². The molecule has 0 bridgehead atoms. The van der Waals surface area contributed by atoms with Crippen molar-refractivity contribution in [3.8, 4) is 0 Å². The number of anilines is 2. The van der Waals surface area contributed by atoms with Crippen LogP contribution in [0.5, 0.6) is 0 Å². The maximum absolute atomic E-state index is 14.1. The van der Waals surface area contributed by atoms with Gasteiger partial charge in [0, 0.05) is 25.9 Å². The summed E-state index contributed by atoms with van der Waals surface area (Å²) in [5.74, 6) is -1.13. The Balaban J connectivity index is 1.23. The van der Waals surface area contributed by atoms with Gasteiger partial charge in [0.25, 0.3) is 11.8 Å². The van der Waals surface area contributed by atoms with Crippen LogP contribution < -0.4 is 16.0 Å². The molecular formula is C39H35N3O5S3. The second-order valence-corrected chi connectivity index (χ2v) is 15.1. The summed E-state index contributed by atoms with van der Waals surface area (Å²) in [6.07, 6.45) is 4.24. The first kappa shape index (κ1) is 34.9. The number of benzene rings is 3. The van der Waals surface area contributed by atoms with Crippen molar-refractivity contribution >= 4 is 74.9 Å². The van der Waals surface area contributed by atoms with E-state index in [-0.39, 0.29) is 11.6 Å². The molecule has 2 unspecified atom stereocenters. The van der Waals surface area contributed by atoms with E-state index in [9.17, 15) is 19.2 Å². The normalized spacial score (nSPS) is 14.6. The third kappa shape index (κ3) is 8.42. The van der Waals surface area contributed by atoms with Gasteiger partial charge in [0.05, 0.1) is 12.7 Å². The second kappa shape index (κ2) is 16.2. The number of carbonyl (C=O) groups is 4. The average molecular weight is 722 g/mol. The summed E-state index contributed by atoms with van der Waals surface area (Å²) < 4.78 is 5.14. The van der Waals surface area contributed by atoms with Gasteiger partial charge in [-0.1, -0.05) is 67.6 Å². The van der Waals surface area contributed by atoms with Crippen molar-refractivity contribution in [2.45, 2.75) is 36.3 Å². The standard InChI is InChI=1S/C39H35N3O5S3/c1-24-18-19-30-32(21-24)50-38(33(30)39(46)47-2)42-37(45)34(25-11-5-3-6-12-25)49-29-16-9-15-27(22-29)40-36(44)31(23-28-17-10-20-48-28)41-35(43)26-13-7-4-8-14-26/h3-17,20,22-24,34H,18-19,21H2,1-2H3,(H,40,44)(H,41,43)(H,42,45)/b31-23-. The fourth-order valence-corrected chi connectivity index (χ4v) is 8.82. The number of hydrogen-bond donors (Lipinski definition) is 3. The molecule has 11 heteroatoms. The Kier molecular flexibility index (Phi) is 11.3. The van der Waals surface area contributed by atoms with Gasteiger partial charge in [-0.25, -0.2) is 4.79 Å². The van der Waals surface area contributed by atoms with E-state index < -0.39 is 23.0 Å². The zero-order valence-corrected chi connectivity index (χ0v) is 29.9. The van der Waals surface area contributed by atoms with Crippen molar-refractivity contribution in [1.82, 2.24) is 5.32 Å². The minimum atomic E-state index is -0.676. The number of esters is 1. The molecule has 0 spiro atoms. The van der Waals surface area contributed by atoms with Crippen LogP contribution in [0.2, 0.25) is 0 Å². The van der Waals surface area contributed by atoms with Crippen molar-refractivity contribution in [3.05, 3.63) is 140 Å². The average Bonchev–Trinajstić information content (AvgIpc) is 3.78. The van der Waals surface area contributed by atoms with Crippen molar-refractivity contribution in [3.63, 3.8) is 0 Å². The van der Waals surface area contributed by atoms with E-state index >= 15 is 0 Å². The van der Waals surface area contributed by atoms with Crippen molar-refractivity contribution in [2.75, 3.05) is 17.7 Å². The minimum absolute atomic E-state index is 0.0929. The summed E-state index contributed by atoms with van der Waals surface area (Å²) in [5.41, 5.74) is 3.21. The van der Waals surface area contributed by atoms with Gasteiger partial charge in [0.1, 0.15) is 15.9 Å². The SMILES string of the molecule is COC(=O)c1c(NC(=O)C(Sc2cccc(NC(=O)/C(=C/c3cccs3)NC(=O)c3ccccc3)c2)c2ccccc2)sc2c1CCC(C)C2. The van der Waals surface area contributed by atoms with Gasteiger partial charge < -0.3 is 20.7 Å². The van der Waals surface area contributed by atoms with Gasteiger partial charge in [0.15, 0.2) is 0 Å². The Bertz CT molecular complexity index is 2020. The Morgan fingerprint density at radius 1 is 0.920 bits per heavy atom. The monoisotopic (exact) mass is 721 g/mol. The van der Waals surface area contributed by atoms with E-state index in [2.05, 4.69) is 22.9 Å². The summed E-state index contributed by atoms with van der Waals surface area (Å²) in [6, 6.07) is 29.1. The largest absolute Gasteiger partial charge is 0.465 e. The van der Waals surface area contributed by atoms with Crippen molar-refractivity contribution < 1.29 is 23.9 Å². The fourth-order valence-electron chi connectivity index (χ4n) is 5.67. The summed E-state index contributed by atoms with van der Waals surface area (Å²) in [7, 11) is 1.36. The predicted molar refractivity (Wildman–Crippen MR) is 202 cm³/mol. The van der Waals surface area contributed by atoms with Gasteiger partial charge in [-0.3, -0.25) is 14.4 Å². The molecule has 2 aromatic heterocycles. The molecule has 3 aromatic carbocycles. The Labute approximate surface area is 303 Å². The van der Waals surface area contributed by atoms with Gasteiger partial charge >= 0.3 is 5.97 Å². The number of fused-ring (bicyclic) bond motifs is 1. The van der Waals surface area contributed by atoms with E-state index in [0.717, 1.165) is 45.0 Å². The Morgan fingerprint density at radius 3 is 2.40 bits per heavy atom. The molecule has 0 saturated carbocycles. The first-order chi connectivity index (χ1) is 24.3. The molecule has 2 heterocycles. The van der Waals surface area contributed by atoms with Crippen LogP contribution in [-0.4, -0.2) is 30.8 Å². The Hall–Kier alpha value is -4.97. The molecule has 5 aromatic rings. The molecule has 0 saturated heterocycles. The molecule has 0 fully saturated rings. The van der Waals surface area contributed by atoms with E-state index in [1.54, 1.807) is 48.5 Å². The molecule has 2 atom stereocenters. The molecule has 8 nitrogen and oxygen atoms in total. The first-order valence-corrected chi connectivity index (χ1v) is 18.6. The Morgan fingerprint density at radius 2 is 1.68 bits per heavy atom. The summed E-state index contributed by atoms with van der Waals surface area (Å²) in [5, 5.41) is 10.5. The molecular weight excluding hydrogens is 687 g/mol. The van der Waals surface area contributed by atoms with Crippen LogP contribution >= 0.6 is 34.4 Å². The molecule has 3 amide bonds. The number of carbonyl (C=O) groups excluding carboxylic acids is 4. The third-order valence-electron chi connectivity index (χ3n) is 8.18. The van der Waals surface area contributed by atoms with Crippen LogP contribution in [0.15, 0.2) is 113 Å². The number of amides is 3. The van der Waals surface area contributed by atoms with E-state index in [1.165, 1.54) is 41.5 Å². The molecule has 50 heavy (non-hydrogen) atoms. The zero-order chi connectivity index (χ0) is 35.0. The maximum Gasteiger partial charge on any atom is 0.341 e. The predicted octanol–water partition coefficient (Wildman–Crippen LogP) is 8.60. The molecule has 1 aliphatic rings. The summed E-state index contributed by atoms with van der Waals surface area (Å²) >= 11 is 4.22. The van der Waals surface area contributed by atoms with Crippen LogP contribution in [-0.2, 0) is 27.2 Å². The summed E-state index contributed by atoms with van der Waals surface area (Å²) in [4.78, 5) is 56.2. The van der Waals surface area contributed by atoms with Crippen LogP contribution in [0, 0.1) is 5.92 Å². The number of thioether (sulfide) groups is 1. The van der Waals surface area contributed by atoms with Crippen LogP contribution in [0.3, 0.4) is 0 Å². The van der Waals surface area contributed by atoms with Crippen LogP contribution in [0.25, 0.3) is 6.08 Å². The lowest BCUT2D eigenvalue weighted by Crippen LogP contribution is -2.30. The fraction of sp³-hybridized carbons (Fsp3) is 0.179. The van der Waals surface area contributed by atoms with Crippen molar-refractivity contribution in [1.29, 1.82) is 0 Å². The molecule has 6 rings (SSSR count). The van der Waals surface area contributed by atoms with Gasteiger partial charge in [-0.15, -0.1) is 34.4 Å². The van der Waals surface area contributed by atoms with Gasteiger partial charge in [-0.2, -0.15) is 0 Å². The number of ether oxygens (including phenoxy) is 1. The molecule has 254 valence electrons. The highest BCUT2D eigenvalue weighted by Crippen LogP contribution is 2.42. The molecule has 0 radical (unpaired) electrons. The first-order valence-electron chi connectivity index (χ1n) is 16.1. The van der Waals surface area contributed by atoms with Crippen LogP contribution in [0.4, 0.5) is 10.7 Å². The quantitative estimate of drug-likeness (QED) is 0.0716. The van der Waals surface area contributed by atoms with Gasteiger partial charge in [0.2, 0.25) is 5.91 Å². The highest BCUT2D eigenvalue weighted by Gasteiger charge is 2.31. The third-order valence-corrected chi connectivity index (χ3v) is 11.4. The number of nitrogens with one attached hydrogen (secondary N) is 3. The minimum Gasteiger partial charge on any atom is -0.465 e. The summed E-state index contributed by atoms with van der Waals surface area (Å²) in [6.45, 7) is 2.19. The van der Waals surface area contributed by atoms with E-state index in [0.29, 0.717) is 27.7 Å². The number of rotatable bonds is 11. The van der Waals surface area contributed by atoms with Crippen LogP contribution in [0.1, 0.15) is 60.2 Å². The lowest BCUT2D eigenvalue weighted by Gasteiger charge is -2.18. The lowest BCUT2D eigenvalue weighted by molar-refractivity contribution is -0.116. The second-order valence-electron chi connectivity index (χ2n) is 11.8. The van der Waals surface area contributed by atoms with Crippen molar-refractivity contribution in [2.24, 2.45) is 5.92 Å². The highest BCUT2D eigenvalue weighted by atomic mass is 32.2. The zero-order valence-electron chi connectivity index (χ0n) is 27.4. The topological polar surface area (TPSA) is 114 Å². The lowest BCUT2D eigenvalue weighted by atomic mass is 9.88. The van der Waals surface area contributed by atoms with E-state index in [4.69, 9.17) is 4.74 Å². The number of hydrogen-bond acceptors (Lipinski definition) is 8. The smallest absolute Gasteiger partial charge is 0.341 e. The number of methoxy groups -OCH3 is 1. The highest BCUT2D eigenvalue weighted by molar-refractivity contribution is 8.00. The molecule has 3 N–H and O–H groups in total. The molecule has 1 aliphatic carbocycles. The molecule has 0 aliphatic heterocycles. The number of thiophene rings is 2. The van der Waals surface area contributed by atoms with Gasteiger partial charge in [-0.05, 0) is 84.2 Å².